The molecule has 0 aromatic heterocycles. The summed E-state index contributed by atoms with van der Waals surface area (Å²) in [5.74, 6) is 4.36. The van der Waals surface area contributed by atoms with Crippen LogP contribution >= 0.6 is 0 Å². The van der Waals surface area contributed by atoms with Crippen molar-refractivity contribution in [2.75, 3.05) is 0 Å². The predicted octanol–water partition coefficient (Wildman–Crippen LogP) is 5.13. The Morgan fingerprint density at radius 3 is 2.61 bits per heavy atom. The Kier molecular flexibility index (Phi) is 3.63. The third-order valence-corrected chi connectivity index (χ3v) is 9.02. The van der Waals surface area contributed by atoms with Crippen molar-refractivity contribution < 1.29 is 4.79 Å². The van der Waals surface area contributed by atoms with Crippen LogP contribution in [0.15, 0.2) is 0 Å². The van der Waals surface area contributed by atoms with Gasteiger partial charge in [0.1, 0.15) is 5.78 Å². The summed E-state index contributed by atoms with van der Waals surface area (Å²) in [4.78, 5) is 11.9. The van der Waals surface area contributed by atoms with E-state index in [-0.39, 0.29) is 0 Å². The summed E-state index contributed by atoms with van der Waals surface area (Å²) in [6.07, 6.45) is 11.5. The molecule has 0 radical (unpaired) electrons. The summed E-state index contributed by atoms with van der Waals surface area (Å²) in [6, 6.07) is 2.46. The summed E-state index contributed by atoms with van der Waals surface area (Å²) in [6.45, 7) is 5.02. The van der Waals surface area contributed by atoms with Crippen molar-refractivity contribution in [3.8, 4) is 6.07 Å². The first-order valence-corrected chi connectivity index (χ1v) is 9.87. The number of ketones is 1. The second-order valence-electron chi connectivity index (χ2n) is 9.58. The lowest BCUT2D eigenvalue weighted by atomic mass is 9.45. The van der Waals surface area contributed by atoms with Gasteiger partial charge < -0.3 is 0 Å². The number of Topliss-reactive ketones (excluding diaryl/α,β-unsaturated/α-hetero) is 1. The predicted molar refractivity (Wildman–Crippen MR) is 90.5 cm³/mol. The second-order valence-corrected chi connectivity index (χ2v) is 9.58. The van der Waals surface area contributed by atoms with Crippen LogP contribution in [-0.2, 0) is 4.79 Å². The largest absolute Gasteiger partial charge is 0.300 e. The van der Waals surface area contributed by atoms with Crippen LogP contribution in [-0.4, -0.2) is 5.78 Å². The van der Waals surface area contributed by atoms with Gasteiger partial charge in [0.25, 0.3) is 0 Å². The Morgan fingerprint density at radius 2 is 1.83 bits per heavy atom. The average molecular weight is 313 g/mol. The van der Waals surface area contributed by atoms with E-state index < -0.39 is 0 Å². The lowest BCUT2D eigenvalue weighted by Crippen LogP contribution is -2.53. The molecule has 7 atom stereocenters. The molecule has 2 nitrogen and oxygen atoms in total. The number of nitrogens with zero attached hydrogens (tertiary/aromatic N) is 1. The lowest BCUT2D eigenvalue weighted by molar-refractivity contribution is -0.139. The Morgan fingerprint density at radius 1 is 1.04 bits per heavy atom. The highest BCUT2D eigenvalue weighted by Crippen LogP contribution is 2.67. The van der Waals surface area contributed by atoms with Crippen LogP contribution in [0.4, 0.5) is 0 Å². The van der Waals surface area contributed by atoms with Crippen LogP contribution in [0.5, 0.6) is 0 Å². The van der Waals surface area contributed by atoms with Gasteiger partial charge in [0.05, 0.1) is 6.07 Å². The molecule has 23 heavy (non-hydrogen) atoms. The minimum Gasteiger partial charge on any atom is -0.300 e. The number of rotatable bonds is 1. The van der Waals surface area contributed by atoms with Crippen LogP contribution in [0.3, 0.4) is 0 Å². The molecule has 0 aromatic rings. The van der Waals surface area contributed by atoms with E-state index in [1.807, 2.05) is 0 Å². The van der Waals surface area contributed by atoms with Gasteiger partial charge in [0, 0.05) is 19.3 Å². The SMILES string of the molecule is C[C@]12CCC(=O)C[C@H]1CC[C@@H]1[C@@H]2CC[C@]2(C)[C@@H](CC#N)CC[C@@H]12. The molecule has 4 aliphatic rings. The standard InChI is InChI=1S/C21H31NO/c1-20-11-8-19-17(18(20)6-4-14(20)9-12-22)5-3-15-13-16(23)7-10-21(15,19)2/h14-15,17-19H,3-11,13H2,1-2H3/t14-,15-,17+,18+,19+,20-,21+/m1/s1. The van der Waals surface area contributed by atoms with Gasteiger partial charge in [0.15, 0.2) is 0 Å². The first-order chi connectivity index (χ1) is 11.0. The molecule has 0 spiro atoms. The maximum atomic E-state index is 11.9. The summed E-state index contributed by atoms with van der Waals surface area (Å²) >= 11 is 0. The van der Waals surface area contributed by atoms with Crippen molar-refractivity contribution in [2.45, 2.75) is 78.1 Å². The molecule has 0 aliphatic heterocycles. The monoisotopic (exact) mass is 313 g/mol. The summed E-state index contributed by atoms with van der Waals surface area (Å²) in [7, 11) is 0. The van der Waals surface area contributed by atoms with Crippen molar-refractivity contribution in [2.24, 2.45) is 40.4 Å². The van der Waals surface area contributed by atoms with E-state index in [2.05, 4.69) is 19.9 Å². The summed E-state index contributed by atoms with van der Waals surface area (Å²) in [5.41, 5.74) is 0.843. The minimum atomic E-state index is 0.421. The molecule has 4 saturated carbocycles. The van der Waals surface area contributed by atoms with Crippen LogP contribution < -0.4 is 0 Å². The zero-order chi connectivity index (χ0) is 16.2. The van der Waals surface area contributed by atoms with Crippen LogP contribution in [0, 0.1) is 51.8 Å². The second kappa shape index (κ2) is 5.33. The van der Waals surface area contributed by atoms with Gasteiger partial charge in [-0.25, -0.2) is 0 Å². The van der Waals surface area contributed by atoms with Gasteiger partial charge in [-0.3, -0.25) is 4.79 Å². The molecule has 4 rings (SSSR count). The number of hydrogen-bond acceptors (Lipinski definition) is 2. The van der Waals surface area contributed by atoms with Gasteiger partial charge in [-0.1, -0.05) is 13.8 Å². The number of carbonyl (C=O) groups is 1. The summed E-state index contributed by atoms with van der Waals surface area (Å²) < 4.78 is 0. The molecular weight excluding hydrogens is 282 g/mol. The Bertz CT molecular complexity index is 549. The van der Waals surface area contributed by atoms with E-state index >= 15 is 0 Å². The fraction of sp³-hybridized carbons (Fsp3) is 0.905. The average Bonchev–Trinajstić information content (AvgIpc) is 2.85. The van der Waals surface area contributed by atoms with Crippen LogP contribution in [0.2, 0.25) is 0 Å². The third kappa shape index (κ3) is 2.15. The maximum Gasteiger partial charge on any atom is 0.133 e. The summed E-state index contributed by atoms with van der Waals surface area (Å²) in [5, 5.41) is 9.20. The lowest BCUT2D eigenvalue weighted by Gasteiger charge is -2.60. The minimum absolute atomic E-state index is 0.421. The van der Waals surface area contributed by atoms with E-state index in [1.54, 1.807) is 0 Å². The van der Waals surface area contributed by atoms with Crippen LogP contribution in [0.25, 0.3) is 0 Å². The molecule has 2 heteroatoms. The highest BCUT2D eigenvalue weighted by molar-refractivity contribution is 5.79. The van der Waals surface area contributed by atoms with Gasteiger partial charge in [-0.2, -0.15) is 5.26 Å². The zero-order valence-electron chi connectivity index (χ0n) is 14.8. The van der Waals surface area contributed by atoms with Gasteiger partial charge in [-0.15, -0.1) is 0 Å². The topological polar surface area (TPSA) is 40.9 Å². The molecule has 0 saturated heterocycles. The Labute approximate surface area is 141 Å². The molecule has 0 heterocycles. The first-order valence-electron chi connectivity index (χ1n) is 9.87. The Hall–Kier alpha value is -0.840. The molecule has 0 unspecified atom stereocenters. The molecule has 4 fully saturated rings. The fourth-order valence-electron chi connectivity index (χ4n) is 7.60. The first kappa shape index (κ1) is 15.7. The molecule has 0 N–H and O–H groups in total. The highest BCUT2D eigenvalue weighted by Gasteiger charge is 2.59. The molecule has 0 bridgehead atoms. The van der Waals surface area contributed by atoms with Crippen molar-refractivity contribution in [1.82, 2.24) is 0 Å². The maximum absolute atomic E-state index is 11.9. The molecule has 4 aliphatic carbocycles. The normalized spacial score (nSPS) is 52.2. The van der Waals surface area contributed by atoms with Gasteiger partial charge in [-0.05, 0) is 85.4 Å². The van der Waals surface area contributed by atoms with Gasteiger partial charge in [0.2, 0.25) is 0 Å². The van der Waals surface area contributed by atoms with E-state index in [0.29, 0.717) is 28.4 Å². The molecular formula is C21H31NO. The van der Waals surface area contributed by atoms with Crippen molar-refractivity contribution in [3.63, 3.8) is 0 Å². The fourth-order valence-corrected chi connectivity index (χ4v) is 7.60. The Balaban J connectivity index is 1.60. The highest BCUT2D eigenvalue weighted by atomic mass is 16.1. The third-order valence-electron chi connectivity index (χ3n) is 9.02. The molecule has 126 valence electrons. The molecule has 0 amide bonds. The van der Waals surface area contributed by atoms with E-state index in [1.165, 1.54) is 38.5 Å². The van der Waals surface area contributed by atoms with Crippen molar-refractivity contribution in [1.29, 1.82) is 5.26 Å². The quantitative estimate of drug-likeness (QED) is 0.673. The van der Waals surface area contributed by atoms with Gasteiger partial charge >= 0.3 is 0 Å². The number of hydrogen-bond donors (Lipinski definition) is 0. The number of fused-ring (bicyclic) bond motifs is 5. The van der Waals surface area contributed by atoms with E-state index in [9.17, 15) is 10.1 Å². The number of carbonyl (C=O) groups excluding carboxylic acids is 1. The van der Waals surface area contributed by atoms with Crippen molar-refractivity contribution in [3.05, 3.63) is 0 Å². The van der Waals surface area contributed by atoms with Crippen LogP contribution in [0.1, 0.15) is 78.1 Å². The number of nitriles is 1. The smallest absolute Gasteiger partial charge is 0.133 e. The zero-order valence-corrected chi connectivity index (χ0v) is 14.8. The van der Waals surface area contributed by atoms with Crippen molar-refractivity contribution >= 4 is 5.78 Å². The van der Waals surface area contributed by atoms with E-state index in [4.69, 9.17) is 0 Å². The van der Waals surface area contributed by atoms with E-state index in [0.717, 1.165) is 43.4 Å². The molecule has 0 aromatic carbocycles.